The molecule has 29 heavy (non-hydrogen) atoms. The molecule has 0 spiro atoms. The Morgan fingerprint density at radius 1 is 0.828 bits per heavy atom. The van der Waals surface area contributed by atoms with Crippen molar-refractivity contribution in [3.63, 3.8) is 0 Å². The van der Waals surface area contributed by atoms with Crippen LogP contribution in [-0.2, 0) is 14.8 Å². The van der Waals surface area contributed by atoms with Gasteiger partial charge in [0.1, 0.15) is 17.2 Å². The van der Waals surface area contributed by atoms with Crippen molar-refractivity contribution in [3.8, 4) is 17.2 Å². The number of carbonyl (C=O) groups is 1. The van der Waals surface area contributed by atoms with Gasteiger partial charge >= 0.3 is 0 Å². The second-order valence-corrected chi connectivity index (χ2v) is 8.36. The largest absolute Gasteiger partial charge is 0.497 e. The first kappa shape index (κ1) is 20.9. The monoisotopic (exact) mass is 420 g/mol. The molecule has 0 N–H and O–H groups in total. The predicted molar refractivity (Wildman–Crippen MR) is 107 cm³/mol. The molecule has 1 amide bonds. The molecule has 0 aromatic heterocycles. The third kappa shape index (κ3) is 4.99. The van der Waals surface area contributed by atoms with Gasteiger partial charge in [-0.05, 0) is 48.5 Å². The van der Waals surface area contributed by atoms with Gasteiger partial charge in [-0.25, -0.2) is 8.42 Å². The number of sulfonamides is 1. The number of hydrogen-bond donors (Lipinski definition) is 0. The Kier molecular flexibility index (Phi) is 6.60. The van der Waals surface area contributed by atoms with Gasteiger partial charge in [0.05, 0.1) is 19.1 Å². The lowest BCUT2D eigenvalue weighted by Crippen LogP contribution is -2.51. The highest BCUT2D eigenvalue weighted by molar-refractivity contribution is 7.89. The van der Waals surface area contributed by atoms with Crippen molar-refractivity contribution in [2.45, 2.75) is 4.90 Å². The zero-order valence-electron chi connectivity index (χ0n) is 16.4. The number of benzene rings is 2. The molecule has 2 aromatic rings. The molecule has 0 atom stereocenters. The number of amides is 1. The minimum atomic E-state index is -3.60. The second-order valence-electron chi connectivity index (χ2n) is 6.42. The lowest BCUT2D eigenvalue weighted by molar-refractivity contribution is -0.134. The maximum atomic E-state index is 12.8. The second kappa shape index (κ2) is 9.15. The first-order valence-corrected chi connectivity index (χ1v) is 10.6. The van der Waals surface area contributed by atoms with Gasteiger partial charge in [0.25, 0.3) is 5.91 Å². The fourth-order valence-corrected chi connectivity index (χ4v) is 4.41. The van der Waals surface area contributed by atoms with E-state index in [0.717, 1.165) is 0 Å². The summed E-state index contributed by atoms with van der Waals surface area (Å²) in [5.41, 5.74) is 0. The Hall–Kier alpha value is -2.78. The average Bonchev–Trinajstić information content (AvgIpc) is 2.78. The average molecular weight is 420 g/mol. The van der Waals surface area contributed by atoms with E-state index in [0.29, 0.717) is 30.3 Å². The lowest BCUT2D eigenvalue weighted by Gasteiger charge is -2.34. The van der Waals surface area contributed by atoms with Crippen LogP contribution in [0.3, 0.4) is 0 Å². The van der Waals surface area contributed by atoms with E-state index in [2.05, 4.69) is 0 Å². The molecule has 0 radical (unpaired) electrons. The molecule has 9 heteroatoms. The summed E-state index contributed by atoms with van der Waals surface area (Å²) in [6, 6.07) is 13.2. The molecular formula is C20H24N2O6S. The van der Waals surface area contributed by atoms with E-state index in [1.165, 1.54) is 23.5 Å². The standard InChI is InChI=1S/C20H24N2O6S/c1-26-16-3-5-18(6-4-16)28-15-20(23)21-11-13-22(14-12-21)29(24,25)19-9-7-17(27-2)8-10-19/h3-10H,11-15H2,1-2H3. The van der Waals surface area contributed by atoms with Gasteiger partial charge in [-0.2, -0.15) is 4.31 Å². The third-order valence-electron chi connectivity index (χ3n) is 4.71. The van der Waals surface area contributed by atoms with Crippen molar-refractivity contribution < 1.29 is 27.4 Å². The maximum absolute atomic E-state index is 12.8. The topological polar surface area (TPSA) is 85.4 Å². The molecule has 0 unspecified atom stereocenters. The van der Waals surface area contributed by atoms with Crippen LogP contribution >= 0.6 is 0 Å². The Balaban J connectivity index is 1.52. The molecule has 3 rings (SSSR count). The Bertz CT molecular complexity index is 920. The van der Waals surface area contributed by atoms with Crippen molar-refractivity contribution in [2.75, 3.05) is 47.0 Å². The van der Waals surface area contributed by atoms with Crippen molar-refractivity contribution >= 4 is 15.9 Å². The molecule has 156 valence electrons. The zero-order valence-corrected chi connectivity index (χ0v) is 17.2. The van der Waals surface area contributed by atoms with Crippen LogP contribution in [0, 0.1) is 0 Å². The van der Waals surface area contributed by atoms with Gasteiger partial charge in [0.15, 0.2) is 6.61 Å². The smallest absolute Gasteiger partial charge is 0.260 e. The van der Waals surface area contributed by atoms with Crippen molar-refractivity contribution in [1.82, 2.24) is 9.21 Å². The zero-order chi connectivity index (χ0) is 20.9. The number of piperazine rings is 1. The summed E-state index contributed by atoms with van der Waals surface area (Å²) in [4.78, 5) is 14.2. The molecule has 1 fully saturated rings. The van der Waals surface area contributed by atoms with E-state index < -0.39 is 10.0 Å². The van der Waals surface area contributed by atoms with Crippen molar-refractivity contribution in [1.29, 1.82) is 0 Å². The van der Waals surface area contributed by atoms with Crippen LogP contribution < -0.4 is 14.2 Å². The number of rotatable bonds is 7. The molecule has 0 bridgehead atoms. The van der Waals surface area contributed by atoms with Gasteiger partial charge < -0.3 is 19.1 Å². The normalized spacial score (nSPS) is 15.0. The van der Waals surface area contributed by atoms with E-state index in [9.17, 15) is 13.2 Å². The molecule has 8 nitrogen and oxygen atoms in total. The third-order valence-corrected chi connectivity index (χ3v) is 6.62. The minimum Gasteiger partial charge on any atom is -0.497 e. The van der Waals surface area contributed by atoms with E-state index in [1.54, 1.807) is 48.4 Å². The first-order chi connectivity index (χ1) is 13.9. The summed E-state index contributed by atoms with van der Waals surface area (Å²) in [6.45, 7) is 1.02. The molecule has 1 aliphatic heterocycles. The van der Waals surface area contributed by atoms with Crippen LogP contribution in [0.2, 0.25) is 0 Å². The molecule has 1 aliphatic rings. The highest BCUT2D eigenvalue weighted by atomic mass is 32.2. The molecule has 1 saturated heterocycles. The van der Waals surface area contributed by atoms with Gasteiger partial charge in [-0.15, -0.1) is 0 Å². The Morgan fingerprint density at radius 2 is 1.31 bits per heavy atom. The van der Waals surface area contributed by atoms with Crippen LogP contribution in [-0.4, -0.2) is 70.5 Å². The summed E-state index contributed by atoms with van der Waals surface area (Å²) in [7, 11) is -0.498. The van der Waals surface area contributed by atoms with Gasteiger partial charge in [-0.3, -0.25) is 4.79 Å². The Labute approximate surface area is 170 Å². The number of methoxy groups -OCH3 is 2. The number of carbonyl (C=O) groups excluding carboxylic acids is 1. The van der Waals surface area contributed by atoms with Crippen LogP contribution in [0.4, 0.5) is 0 Å². The summed E-state index contributed by atoms with van der Waals surface area (Å²) in [5, 5.41) is 0. The fourth-order valence-electron chi connectivity index (χ4n) is 2.98. The Morgan fingerprint density at radius 3 is 1.83 bits per heavy atom. The minimum absolute atomic E-state index is 0.0996. The number of hydrogen-bond acceptors (Lipinski definition) is 6. The molecular weight excluding hydrogens is 396 g/mol. The SMILES string of the molecule is COc1ccc(OCC(=O)N2CCN(S(=O)(=O)c3ccc(OC)cc3)CC2)cc1. The van der Waals surface area contributed by atoms with Gasteiger partial charge in [-0.1, -0.05) is 0 Å². The fraction of sp³-hybridized carbons (Fsp3) is 0.350. The van der Waals surface area contributed by atoms with Crippen molar-refractivity contribution in [2.24, 2.45) is 0 Å². The molecule has 1 heterocycles. The number of nitrogens with zero attached hydrogens (tertiary/aromatic N) is 2. The first-order valence-electron chi connectivity index (χ1n) is 9.13. The van der Waals surface area contributed by atoms with Crippen LogP contribution in [0.25, 0.3) is 0 Å². The van der Waals surface area contributed by atoms with Gasteiger partial charge in [0, 0.05) is 26.2 Å². The summed E-state index contributed by atoms with van der Waals surface area (Å²) in [5.74, 6) is 1.69. The van der Waals surface area contributed by atoms with Crippen LogP contribution in [0.1, 0.15) is 0 Å². The van der Waals surface area contributed by atoms with E-state index >= 15 is 0 Å². The highest BCUT2D eigenvalue weighted by Crippen LogP contribution is 2.21. The summed E-state index contributed by atoms with van der Waals surface area (Å²) >= 11 is 0. The molecule has 0 saturated carbocycles. The molecule has 2 aromatic carbocycles. The maximum Gasteiger partial charge on any atom is 0.260 e. The van der Waals surface area contributed by atoms with Gasteiger partial charge in [0.2, 0.25) is 10.0 Å². The quantitative estimate of drug-likeness (QED) is 0.677. The number of ether oxygens (including phenoxy) is 3. The van der Waals surface area contributed by atoms with Crippen molar-refractivity contribution in [3.05, 3.63) is 48.5 Å². The summed E-state index contributed by atoms with van der Waals surface area (Å²) in [6.07, 6.45) is 0. The predicted octanol–water partition coefficient (Wildman–Crippen LogP) is 1.62. The highest BCUT2D eigenvalue weighted by Gasteiger charge is 2.30. The van der Waals surface area contributed by atoms with Crippen LogP contribution in [0.5, 0.6) is 17.2 Å². The summed E-state index contributed by atoms with van der Waals surface area (Å²) < 4.78 is 42.6. The van der Waals surface area contributed by atoms with E-state index in [1.807, 2.05) is 0 Å². The molecule has 0 aliphatic carbocycles. The van der Waals surface area contributed by atoms with E-state index in [4.69, 9.17) is 14.2 Å². The van der Waals surface area contributed by atoms with E-state index in [-0.39, 0.29) is 30.5 Å². The van der Waals surface area contributed by atoms with Crippen LogP contribution in [0.15, 0.2) is 53.4 Å². The lowest BCUT2D eigenvalue weighted by atomic mass is 10.3.